The van der Waals surface area contributed by atoms with Gasteiger partial charge in [-0.1, -0.05) is 29.8 Å². The Kier molecular flexibility index (Phi) is 4.02. The summed E-state index contributed by atoms with van der Waals surface area (Å²) < 4.78 is 5.49. The SMILES string of the molecule is Cc1cc2occ(CC(=O)NNc3ccccc3)c2cc1Cl. The molecule has 0 unspecified atom stereocenters. The molecule has 2 aromatic carbocycles. The molecule has 4 nitrogen and oxygen atoms in total. The van der Waals surface area contributed by atoms with Crippen LogP contribution < -0.4 is 10.9 Å². The van der Waals surface area contributed by atoms with Gasteiger partial charge in [0.15, 0.2) is 0 Å². The Morgan fingerprint density at radius 1 is 1.23 bits per heavy atom. The molecule has 2 N–H and O–H groups in total. The van der Waals surface area contributed by atoms with Gasteiger partial charge in [0, 0.05) is 16.0 Å². The molecule has 3 rings (SSSR count). The predicted octanol–water partition coefficient (Wildman–Crippen LogP) is 4.08. The molecule has 0 aliphatic carbocycles. The molecule has 22 heavy (non-hydrogen) atoms. The Morgan fingerprint density at radius 2 is 2.00 bits per heavy atom. The lowest BCUT2D eigenvalue weighted by Gasteiger charge is -2.07. The lowest BCUT2D eigenvalue weighted by Crippen LogP contribution is -2.30. The van der Waals surface area contributed by atoms with Gasteiger partial charge in [0.2, 0.25) is 5.91 Å². The molecule has 0 saturated carbocycles. The summed E-state index contributed by atoms with van der Waals surface area (Å²) in [5.41, 5.74) is 8.85. The van der Waals surface area contributed by atoms with Gasteiger partial charge in [0.1, 0.15) is 5.58 Å². The first-order valence-corrected chi connectivity index (χ1v) is 7.27. The van der Waals surface area contributed by atoms with Gasteiger partial charge in [-0.3, -0.25) is 15.6 Å². The van der Waals surface area contributed by atoms with Crippen molar-refractivity contribution in [3.05, 3.63) is 64.9 Å². The highest BCUT2D eigenvalue weighted by atomic mass is 35.5. The van der Waals surface area contributed by atoms with Crippen molar-refractivity contribution < 1.29 is 9.21 Å². The Hall–Kier alpha value is -2.46. The Labute approximate surface area is 133 Å². The minimum atomic E-state index is -0.150. The molecule has 0 radical (unpaired) electrons. The average Bonchev–Trinajstić information content (AvgIpc) is 2.89. The first-order valence-electron chi connectivity index (χ1n) is 6.89. The first kappa shape index (κ1) is 14.5. The number of hydrogen-bond acceptors (Lipinski definition) is 3. The van der Waals surface area contributed by atoms with E-state index in [-0.39, 0.29) is 12.3 Å². The topological polar surface area (TPSA) is 54.3 Å². The van der Waals surface area contributed by atoms with Crippen molar-refractivity contribution in [1.82, 2.24) is 5.43 Å². The highest BCUT2D eigenvalue weighted by Gasteiger charge is 2.12. The number of halogens is 1. The van der Waals surface area contributed by atoms with E-state index in [9.17, 15) is 4.79 Å². The summed E-state index contributed by atoms with van der Waals surface area (Å²) in [6.45, 7) is 1.92. The molecule has 5 heteroatoms. The van der Waals surface area contributed by atoms with E-state index in [2.05, 4.69) is 10.9 Å². The second-order valence-electron chi connectivity index (χ2n) is 5.07. The molecular weight excluding hydrogens is 300 g/mol. The third kappa shape index (κ3) is 3.07. The van der Waals surface area contributed by atoms with E-state index < -0.39 is 0 Å². The Bertz CT molecular complexity index is 812. The molecule has 112 valence electrons. The fourth-order valence-electron chi connectivity index (χ4n) is 2.22. The number of nitrogens with one attached hydrogen (secondary N) is 2. The third-order valence-electron chi connectivity index (χ3n) is 3.41. The van der Waals surface area contributed by atoms with Crippen LogP contribution in [0.2, 0.25) is 5.02 Å². The lowest BCUT2D eigenvalue weighted by molar-refractivity contribution is -0.119. The number of carbonyl (C=O) groups is 1. The van der Waals surface area contributed by atoms with Crippen LogP contribution in [0.15, 0.2) is 53.1 Å². The molecular formula is C17H15ClN2O2. The van der Waals surface area contributed by atoms with E-state index in [1.165, 1.54) is 0 Å². The zero-order valence-corrected chi connectivity index (χ0v) is 12.8. The van der Waals surface area contributed by atoms with Crippen LogP contribution in [-0.4, -0.2) is 5.91 Å². The number of carbonyl (C=O) groups excluding carboxylic acids is 1. The minimum absolute atomic E-state index is 0.150. The van der Waals surface area contributed by atoms with Crippen molar-refractivity contribution in [2.45, 2.75) is 13.3 Å². The second-order valence-corrected chi connectivity index (χ2v) is 5.48. The summed E-state index contributed by atoms with van der Waals surface area (Å²) in [6.07, 6.45) is 1.81. The molecule has 0 spiro atoms. The maximum absolute atomic E-state index is 12.0. The number of amides is 1. The fourth-order valence-corrected chi connectivity index (χ4v) is 2.38. The number of hydrogen-bond donors (Lipinski definition) is 2. The first-order chi connectivity index (χ1) is 10.6. The minimum Gasteiger partial charge on any atom is -0.464 e. The fraction of sp³-hybridized carbons (Fsp3) is 0.118. The standard InChI is InChI=1S/C17H15ClN2O2/c1-11-7-16-14(9-15(11)18)12(10-22-16)8-17(21)20-19-13-5-3-2-4-6-13/h2-7,9-10,19H,8H2,1H3,(H,20,21). The maximum atomic E-state index is 12.0. The van der Waals surface area contributed by atoms with Crippen LogP contribution in [0, 0.1) is 6.92 Å². The Morgan fingerprint density at radius 3 is 2.77 bits per heavy atom. The summed E-state index contributed by atoms with van der Waals surface area (Å²) in [6, 6.07) is 13.2. The van der Waals surface area contributed by atoms with Crippen LogP contribution in [0.3, 0.4) is 0 Å². The third-order valence-corrected chi connectivity index (χ3v) is 3.81. The van der Waals surface area contributed by atoms with E-state index in [4.69, 9.17) is 16.0 Å². The van der Waals surface area contributed by atoms with Crippen molar-refractivity contribution in [2.75, 3.05) is 5.43 Å². The number of hydrazine groups is 1. The molecule has 0 fully saturated rings. The zero-order valence-electron chi connectivity index (χ0n) is 12.0. The Balaban J connectivity index is 1.70. The summed E-state index contributed by atoms with van der Waals surface area (Å²) in [4.78, 5) is 12.0. The van der Waals surface area contributed by atoms with Crippen LogP contribution in [0.1, 0.15) is 11.1 Å². The van der Waals surface area contributed by atoms with Gasteiger partial charge in [-0.2, -0.15) is 0 Å². The monoisotopic (exact) mass is 314 g/mol. The van der Waals surface area contributed by atoms with Gasteiger partial charge < -0.3 is 4.42 Å². The lowest BCUT2D eigenvalue weighted by atomic mass is 10.1. The van der Waals surface area contributed by atoms with Crippen LogP contribution in [0.5, 0.6) is 0 Å². The van der Waals surface area contributed by atoms with Crippen LogP contribution in [0.4, 0.5) is 5.69 Å². The number of furan rings is 1. The number of para-hydroxylation sites is 1. The summed E-state index contributed by atoms with van der Waals surface area (Å²) >= 11 is 6.14. The molecule has 0 atom stereocenters. The molecule has 0 aliphatic rings. The average molecular weight is 315 g/mol. The van der Waals surface area contributed by atoms with E-state index in [0.29, 0.717) is 5.02 Å². The predicted molar refractivity (Wildman–Crippen MR) is 87.9 cm³/mol. The molecule has 1 amide bonds. The number of fused-ring (bicyclic) bond motifs is 1. The van der Waals surface area contributed by atoms with Crippen molar-refractivity contribution in [2.24, 2.45) is 0 Å². The number of rotatable bonds is 4. The maximum Gasteiger partial charge on any atom is 0.242 e. The molecule has 0 aliphatic heterocycles. The normalized spacial score (nSPS) is 10.6. The van der Waals surface area contributed by atoms with E-state index >= 15 is 0 Å². The zero-order chi connectivity index (χ0) is 15.5. The highest BCUT2D eigenvalue weighted by molar-refractivity contribution is 6.32. The van der Waals surface area contributed by atoms with Gasteiger partial charge in [-0.05, 0) is 36.8 Å². The van der Waals surface area contributed by atoms with Crippen LogP contribution in [0.25, 0.3) is 11.0 Å². The molecule has 0 saturated heterocycles. The summed E-state index contributed by atoms with van der Waals surface area (Å²) in [7, 11) is 0. The highest BCUT2D eigenvalue weighted by Crippen LogP contribution is 2.27. The smallest absolute Gasteiger partial charge is 0.242 e. The summed E-state index contributed by atoms with van der Waals surface area (Å²) in [5, 5.41) is 1.53. The molecule has 3 aromatic rings. The van der Waals surface area contributed by atoms with Crippen molar-refractivity contribution in [3.8, 4) is 0 Å². The van der Waals surface area contributed by atoms with Crippen molar-refractivity contribution in [1.29, 1.82) is 0 Å². The van der Waals surface area contributed by atoms with Crippen LogP contribution >= 0.6 is 11.6 Å². The second kappa shape index (κ2) is 6.12. The molecule has 1 aromatic heterocycles. The molecule has 1 heterocycles. The largest absolute Gasteiger partial charge is 0.464 e. The van der Waals surface area contributed by atoms with Gasteiger partial charge >= 0.3 is 0 Å². The molecule has 0 bridgehead atoms. The summed E-state index contributed by atoms with van der Waals surface area (Å²) in [5.74, 6) is -0.150. The van der Waals surface area contributed by atoms with Gasteiger partial charge in [-0.25, -0.2) is 0 Å². The van der Waals surface area contributed by atoms with Gasteiger partial charge in [-0.15, -0.1) is 0 Å². The number of benzene rings is 2. The van der Waals surface area contributed by atoms with Crippen LogP contribution in [-0.2, 0) is 11.2 Å². The van der Waals surface area contributed by atoms with Gasteiger partial charge in [0.05, 0.1) is 18.4 Å². The van der Waals surface area contributed by atoms with E-state index in [1.54, 1.807) is 6.26 Å². The van der Waals surface area contributed by atoms with E-state index in [0.717, 1.165) is 27.8 Å². The number of anilines is 1. The van der Waals surface area contributed by atoms with Crippen molar-refractivity contribution in [3.63, 3.8) is 0 Å². The van der Waals surface area contributed by atoms with E-state index in [1.807, 2.05) is 49.4 Å². The number of aryl methyl sites for hydroxylation is 1. The van der Waals surface area contributed by atoms with Crippen molar-refractivity contribution >= 4 is 34.2 Å². The van der Waals surface area contributed by atoms with Gasteiger partial charge in [0.25, 0.3) is 0 Å². The quantitative estimate of drug-likeness (QED) is 0.713.